The first-order chi connectivity index (χ1) is 10.1. The van der Waals surface area contributed by atoms with Crippen LogP contribution in [0.5, 0.6) is 0 Å². The van der Waals surface area contributed by atoms with Gasteiger partial charge in [0.15, 0.2) is 0 Å². The molecule has 112 valence electrons. The highest BCUT2D eigenvalue weighted by Gasteiger charge is 2.35. The first-order valence-corrected chi connectivity index (χ1v) is 7.38. The number of aryl methyl sites for hydroxylation is 1. The van der Waals surface area contributed by atoms with Gasteiger partial charge in [-0.2, -0.15) is 0 Å². The molecule has 1 N–H and O–H groups in total. The van der Waals surface area contributed by atoms with E-state index in [1.807, 2.05) is 6.07 Å². The standard InChI is InChI=1S/C16H20N2O3/c1-3-5-13-17-12-7-4-6-11(15(19)20)14(12)18(13)16(2)8-9-21-10-16/h4,6-7H,3,5,8-10H2,1-2H3,(H,19,20). The minimum Gasteiger partial charge on any atom is -0.478 e. The minimum atomic E-state index is -0.910. The van der Waals surface area contributed by atoms with Crippen LogP contribution in [0, 0.1) is 0 Å². The first kappa shape index (κ1) is 14.1. The molecule has 2 heterocycles. The molecular formula is C16H20N2O3. The van der Waals surface area contributed by atoms with Crippen LogP contribution >= 0.6 is 0 Å². The molecule has 1 aliphatic heterocycles. The fraction of sp³-hybridized carbons (Fsp3) is 0.500. The van der Waals surface area contributed by atoms with Crippen molar-refractivity contribution in [3.8, 4) is 0 Å². The Morgan fingerprint density at radius 2 is 2.33 bits per heavy atom. The van der Waals surface area contributed by atoms with Crippen molar-refractivity contribution in [2.24, 2.45) is 0 Å². The summed E-state index contributed by atoms with van der Waals surface area (Å²) in [5.74, 6) is 0.0431. The second kappa shape index (κ2) is 5.15. The third kappa shape index (κ3) is 2.21. The van der Waals surface area contributed by atoms with Gasteiger partial charge < -0.3 is 14.4 Å². The summed E-state index contributed by atoms with van der Waals surface area (Å²) in [5, 5.41) is 9.50. The molecule has 0 amide bonds. The molecule has 0 spiro atoms. The van der Waals surface area contributed by atoms with Crippen LogP contribution in [0.15, 0.2) is 18.2 Å². The molecule has 1 atom stereocenters. The van der Waals surface area contributed by atoms with Gasteiger partial charge in [-0.25, -0.2) is 9.78 Å². The fourth-order valence-corrected chi connectivity index (χ4v) is 3.15. The molecule has 1 aromatic carbocycles. The van der Waals surface area contributed by atoms with Crippen LogP contribution in [-0.2, 0) is 16.7 Å². The fourth-order valence-electron chi connectivity index (χ4n) is 3.15. The van der Waals surface area contributed by atoms with E-state index in [-0.39, 0.29) is 5.54 Å². The summed E-state index contributed by atoms with van der Waals surface area (Å²) in [4.78, 5) is 16.3. The zero-order valence-electron chi connectivity index (χ0n) is 12.4. The smallest absolute Gasteiger partial charge is 0.337 e. The van der Waals surface area contributed by atoms with Crippen molar-refractivity contribution in [2.75, 3.05) is 13.2 Å². The number of aromatic carboxylic acids is 1. The van der Waals surface area contributed by atoms with Crippen LogP contribution in [0.1, 0.15) is 42.9 Å². The third-order valence-electron chi connectivity index (χ3n) is 4.19. The molecule has 1 unspecified atom stereocenters. The van der Waals surface area contributed by atoms with Gasteiger partial charge in [-0.15, -0.1) is 0 Å². The van der Waals surface area contributed by atoms with Crippen molar-refractivity contribution in [3.63, 3.8) is 0 Å². The number of benzene rings is 1. The number of hydrogen-bond acceptors (Lipinski definition) is 3. The SMILES string of the molecule is CCCc1nc2cccc(C(=O)O)c2n1C1(C)CCOC1. The van der Waals surface area contributed by atoms with E-state index in [2.05, 4.69) is 23.4 Å². The lowest BCUT2D eigenvalue weighted by atomic mass is 9.99. The molecule has 21 heavy (non-hydrogen) atoms. The maximum atomic E-state index is 11.6. The number of rotatable bonds is 4. The Hall–Kier alpha value is -1.88. The van der Waals surface area contributed by atoms with Crippen molar-refractivity contribution < 1.29 is 14.6 Å². The first-order valence-electron chi connectivity index (χ1n) is 7.38. The van der Waals surface area contributed by atoms with E-state index in [0.717, 1.165) is 36.1 Å². The third-order valence-corrected chi connectivity index (χ3v) is 4.19. The van der Waals surface area contributed by atoms with Crippen molar-refractivity contribution >= 4 is 17.0 Å². The van der Waals surface area contributed by atoms with E-state index in [1.54, 1.807) is 12.1 Å². The van der Waals surface area contributed by atoms with E-state index >= 15 is 0 Å². The number of aromatic nitrogens is 2. The Kier molecular flexibility index (Phi) is 3.45. The highest BCUT2D eigenvalue weighted by Crippen LogP contribution is 2.34. The molecule has 5 heteroatoms. The molecule has 0 aliphatic carbocycles. The Labute approximate surface area is 123 Å². The Morgan fingerprint density at radius 1 is 1.52 bits per heavy atom. The highest BCUT2D eigenvalue weighted by atomic mass is 16.5. The van der Waals surface area contributed by atoms with E-state index in [0.29, 0.717) is 18.8 Å². The Balaban J connectivity index is 2.32. The van der Waals surface area contributed by atoms with Crippen LogP contribution < -0.4 is 0 Å². The molecular weight excluding hydrogens is 268 g/mol. The molecule has 0 bridgehead atoms. The van der Waals surface area contributed by atoms with E-state index in [9.17, 15) is 9.90 Å². The Morgan fingerprint density at radius 3 is 2.95 bits per heavy atom. The molecule has 2 aromatic rings. The topological polar surface area (TPSA) is 64.3 Å². The quantitative estimate of drug-likeness (QED) is 0.939. The molecule has 1 aliphatic rings. The number of carboxylic acids is 1. The molecule has 1 aromatic heterocycles. The monoisotopic (exact) mass is 288 g/mol. The van der Waals surface area contributed by atoms with E-state index in [1.165, 1.54) is 0 Å². The van der Waals surface area contributed by atoms with Crippen molar-refractivity contribution in [1.29, 1.82) is 0 Å². The van der Waals surface area contributed by atoms with Gasteiger partial charge in [-0.1, -0.05) is 13.0 Å². The predicted molar refractivity (Wildman–Crippen MR) is 79.8 cm³/mol. The second-order valence-electron chi connectivity index (χ2n) is 5.89. The molecule has 0 radical (unpaired) electrons. The van der Waals surface area contributed by atoms with Crippen LogP contribution in [-0.4, -0.2) is 33.8 Å². The van der Waals surface area contributed by atoms with Gasteiger partial charge in [-0.05, 0) is 31.9 Å². The number of para-hydroxylation sites is 1. The number of ether oxygens (including phenoxy) is 1. The van der Waals surface area contributed by atoms with Gasteiger partial charge in [-0.3, -0.25) is 0 Å². The van der Waals surface area contributed by atoms with Gasteiger partial charge in [0.25, 0.3) is 0 Å². The predicted octanol–water partition coefficient (Wildman–Crippen LogP) is 2.82. The van der Waals surface area contributed by atoms with E-state index in [4.69, 9.17) is 4.74 Å². The van der Waals surface area contributed by atoms with Crippen molar-refractivity contribution in [1.82, 2.24) is 9.55 Å². The number of nitrogens with zero attached hydrogens (tertiary/aromatic N) is 2. The molecule has 5 nitrogen and oxygen atoms in total. The number of carboxylic acid groups (broad SMARTS) is 1. The van der Waals surface area contributed by atoms with Gasteiger partial charge in [0.2, 0.25) is 0 Å². The number of carbonyl (C=O) groups is 1. The van der Waals surface area contributed by atoms with Crippen LogP contribution in [0.3, 0.4) is 0 Å². The van der Waals surface area contributed by atoms with Crippen LogP contribution in [0.2, 0.25) is 0 Å². The lowest BCUT2D eigenvalue weighted by molar-refractivity contribution is 0.0698. The van der Waals surface area contributed by atoms with Crippen LogP contribution in [0.25, 0.3) is 11.0 Å². The average Bonchev–Trinajstić information content (AvgIpc) is 3.02. The average molecular weight is 288 g/mol. The van der Waals surface area contributed by atoms with Gasteiger partial charge in [0.05, 0.1) is 28.7 Å². The summed E-state index contributed by atoms with van der Waals surface area (Å²) in [5.41, 5.74) is 1.58. The summed E-state index contributed by atoms with van der Waals surface area (Å²) < 4.78 is 7.68. The van der Waals surface area contributed by atoms with Crippen molar-refractivity contribution in [3.05, 3.63) is 29.6 Å². The molecule has 0 saturated carbocycles. The zero-order valence-corrected chi connectivity index (χ0v) is 12.4. The van der Waals surface area contributed by atoms with Gasteiger partial charge in [0.1, 0.15) is 5.82 Å². The van der Waals surface area contributed by atoms with E-state index < -0.39 is 5.97 Å². The minimum absolute atomic E-state index is 0.217. The maximum Gasteiger partial charge on any atom is 0.337 e. The largest absolute Gasteiger partial charge is 0.478 e. The van der Waals surface area contributed by atoms with Crippen LogP contribution in [0.4, 0.5) is 0 Å². The summed E-state index contributed by atoms with van der Waals surface area (Å²) in [6, 6.07) is 5.29. The second-order valence-corrected chi connectivity index (χ2v) is 5.89. The van der Waals surface area contributed by atoms with Gasteiger partial charge in [0, 0.05) is 13.0 Å². The maximum absolute atomic E-state index is 11.6. The normalized spacial score (nSPS) is 22.0. The molecule has 1 fully saturated rings. The molecule has 3 rings (SSSR count). The summed E-state index contributed by atoms with van der Waals surface area (Å²) >= 11 is 0. The van der Waals surface area contributed by atoms with Gasteiger partial charge >= 0.3 is 5.97 Å². The zero-order chi connectivity index (χ0) is 15.0. The number of hydrogen-bond donors (Lipinski definition) is 1. The highest BCUT2D eigenvalue weighted by molar-refractivity contribution is 6.01. The number of imidazole rings is 1. The summed E-state index contributed by atoms with van der Waals surface area (Å²) in [6.07, 6.45) is 2.69. The lowest BCUT2D eigenvalue weighted by Gasteiger charge is -2.27. The lowest BCUT2D eigenvalue weighted by Crippen LogP contribution is -2.32. The summed E-state index contributed by atoms with van der Waals surface area (Å²) in [6.45, 7) is 5.54. The van der Waals surface area contributed by atoms with Crippen molar-refractivity contribution in [2.45, 2.75) is 38.6 Å². The Bertz CT molecular complexity index is 684. The molecule has 1 saturated heterocycles. The number of fused-ring (bicyclic) bond motifs is 1. The summed E-state index contributed by atoms with van der Waals surface area (Å²) in [7, 11) is 0.